The molecule has 0 radical (unpaired) electrons. The van der Waals surface area contributed by atoms with Gasteiger partial charge in [0.2, 0.25) is 0 Å². The van der Waals surface area contributed by atoms with Crippen LogP contribution in [0.5, 0.6) is 5.75 Å². The molecule has 0 aliphatic heterocycles. The van der Waals surface area contributed by atoms with Gasteiger partial charge in [0.25, 0.3) is 0 Å². The molecule has 0 fully saturated rings. The number of hydrogen-bond donors (Lipinski definition) is 1. The van der Waals surface area contributed by atoms with Crippen molar-refractivity contribution in [1.82, 2.24) is 4.98 Å². The first-order chi connectivity index (χ1) is 11.1. The van der Waals surface area contributed by atoms with Gasteiger partial charge in [0.1, 0.15) is 11.6 Å². The van der Waals surface area contributed by atoms with Crippen LogP contribution >= 0.6 is 11.6 Å². The molecule has 0 aliphatic carbocycles. The van der Waals surface area contributed by atoms with Gasteiger partial charge >= 0.3 is 0 Å². The Hall–Kier alpha value is -2.33. The number of halogens is 2. The molecule has 1 N–H and O–H groups in total. The normalized spacial score (nSPS) is 10.8. The lowest BCUT2D eigenvalue weighted by atomic mass is 10.1. The van der Waals surface area contributed by atoms with Gasteiger partial charge in [-0.1, -0.05) is 17.7 Å². The molecule has 0 bridgehead atoms. The summed E-state index contributed by atoms with van der Waals surface area (Å²) in [6.45, 7) is 2.21. The minimum atomic E-state index is -0.322. The van der Waals surface area contributed by atoms with E-state index in [4.69, 9.17) is 16.3 Å². The third kappa shape index (κ3) is 3.22. The summed E-state index contributed by atoms with van der Waals surface area (Å²) >= 11 is 6.08. The number of anilines is 1. The number of hydrogen-bond acceptors (Lipinski definition) is 3. The molecule has 3 nitrogen and oxygen atoms in total. The summed E-state index contributed by atoms with van der Waals surface area (Å²) < 4.78 is 19.2. The fourth-order valence-corrected chi connectivity index (χ4v) is 2.73. The van der Waals surface area contributed by atoms with Crippen molar-refractivity contribution in [2.24, 2.45) is 0 Å². The first kappa shape index (κ1) is 15.6. The highest BCUT2D eigenvalue weighted by atomic mass is 35.5. The molecule has 0 amide bonds. The number of fused-ring (bicyclic) bond motifs is 1. The lowest BCUT2D eigenvalue weighted by Crippen LogP contribution is -2.04. The van der Waals surface area contributed by atoms with Crippen LogP contribution in [0.15, 0.2) is 42.5 Å². The van der Waals surface area contributed by atoms with Crippen molar-refractivity contribution in [3.05, 3.63) is 64.6 Å². The Balaban J connectivity index is 1.99. The molecule has 3 rings (SSSR count). The van der Waals surface area contributed by atoms with Gasteiger partial charge < -0.3 is 10.1 Å². The van der Waals surface area contributed by atoms with Crippen molar-refractivity contribution in [2.45, 2.75) is 13.5 Å². The Morgan fingerprint density at radius 2 is 2.04 bits per heavy atom. The third-order valence-electron chi connectivity index (χ3n) is 3.66. The van der Waals surface area contributed by atoms with Gasteiger partial charge in [-0.05, 0) is 43.3 Å². The van der Waals surface area contributed by atoms with Gasteiger partial charge in [0.15, 0.2) is 0 Å². The molecule has 118 valence electrons. The maximum Gasteiger partial charge on any atom is 0.129 e. The van der Waals surface area contributed by atoms with Crippen LogP contribution in [0.2, 0.25) is 5.02 Å². The average Bonchev–Trinajstić information content (AvgIpc) is 2.53. The molecule has 2 aromatic carbocycles. The highest BCUT2D eigenvalue weighted by molar-refractivity contribution is 6.31. The third-order valence-corrected chi connectivity index (χ3v) is 4.02. The van der Waals surface area contributed by atoms with Gasteiger partial charge in [0.05, 0.1) is 12.6 Å². The SMILES string of the molecule is COc1ccc2nc(C)cc(NCc3c(F)cccc3Cl)c2c1. The number of aromatic nitrogens is 1. The number of aryl methyl sites for hydroxylation is 1. The minimum absolute atomic E-state index is 0.293. The summed E-state index contributed by atoms with van der Waals surface area (Å²) in [5.41, 5.74) is 3.04. The molecule has 3 aromatic rings. The highest BCUT2D eigenvalue weighted by Crippen LogP contribution is 2.28. The van der Waals surface area contributed by atoms with Gasteiger partial charge in [-0.15, -0.1) is 0 Å². The number of ether oxygens (including phenoxy) is 1. The molecule has 0 saturated carbocycles. The van der Waals surface area contributed by atoms with E-state index in [1.807, 2.05) is 31.2 Å². The topological polar surface area (TPSA) is 34.1 Å². The molecule has 0 unspecified atom stereocenters. The molecule has 0 aliphatic rings. The molecule has 1 heterocycles. The van der Waals surface area contributed by atoms with E-state index < -0.39 is 0 Å². The molecule has 0 atom stereocenters. The zero-order valence-electron chi connectivity index (χ0n) is 12.9. The van der Waals surface area contributed by atoms with Gasteiger partial charge in [-0.25, -0.2) is 4.39 Å². The summed E-state index contributed by atoms with van der Waals surface area (Å²) in [6.07, 6.45) is 0. The van der Waals surface area contributed by atoms with Gasteiger partial charge in [0, 0.05) is 33.9 Å². The smallest absolute Gasteiger partial charge is 0.129 e. The molecule has 5 heteroatoms. The predicted molar refractivity (Wildman–Crippen MR) is 91.8 cm³/mol. The Morgan fingerprint density at radius 1 is 1.22 bits per heavy atom. The maximum absolute atomic E-state index is 13.9. The van der Waals surface area contributed by atoms with E-state index in [-0.39, 0.29) is 5.82 Å². The number of rotatable bonds is 4. The van der Waals surface area contributed by atoms with Crippen LogP contribution in [0.25, 0.3) is 10.9 Å². The summed E-state index contributed by atoms with van der Waals surface area (Å²) in [4.78, 5) is 4.51. The molecular formula is C18H16ClFN2O. The van der Waals surface area contributed by atoms with Crippen LogP contribution in [0.4, 0.5) is 10.1 Å². The van der Waals surface area contributed by atoms with E-state index in [2.05, 4.69) is 10.3 Å². The molecule has 0 spiro atoms. The first-order valence-electron chi connectivity index (χ1n) is 7.20. The number of benzene rings is 2. The second-order valence-corrected chi connectivity index (χ2v) is 5.66. The van der Waals surface area contributed by atoms with Crippen molar-refractivity contribution in [3.8, 4) is 5.75 Å². The standard InChI is InChI=1S/C18H16ClFN2O/c1-11-8-18(13-9-12(23-2)6-7-17(13)22-11)21-10-14-15(19)4-3-5-16(14)20/h3-9H,10H2,1-2H3,(H,21,22). The van der Waals surface area contributed by atoms with E-state index in [9.17, 15) is 4.39 Å². The Morgan fingerprint density at radius 3 is 2.78 bits per heavy atom. The summed E-state index contributed by atoms with van der Waals surface area (Å²) in [5, 5.41) is 4.58. The summed E-state index contributed by atoms with van der Waals surface area (Å²) in [6, 6.07) is 12.3. The van der Waals surface area contributed by atoms with E-state index in [1.165, 1.54) is 6.07 Å². The van der Waals surface area contributed by atoms with E-state index in [1.54, 1.807) is 19.2 Å². The molecular weight excluding hydrogens is 315 g/mol. The monoisotopic (exact) mass is 330 g/mol. The van der Waals surface area contributed by atoms with Crippen LogP contribution in [-0.2, 0) is 6.54 Å². The lowest BCUT2D eigenvalue weighted by molar-refractivity contribution is 0.415. The molecule has 23 heavy (non-hydrogen) atoms. The average molecular weight is 331 g/mol. The van der Waals surface area contributed by atoms with E-state index >= 15 is 0 Å². The van der Waals surface area contributed by atoms with Crippen LogP contribution in [0.1, 0.15) is 11.3 Å². The second-order valence-electron chi connectivity index (χ2n) is 5.25. The van der Waals surface area contributed by atoms with Crippen molar-refractivity contribution in [2.75, 3.05) is 12.4 Å². The van der Waals surface area contributed by atoms with Crippen molar-refractivity contribution in [1.29, 1.82) is 0 Å². The minimum Gasteiger partial charge on any atom is -0.497 e. The van der Waals surface area contributed by atoms with Crippen LogP contribution in [-0.4, -0.2) is 12.1 Å². The lowest BCUT2D eigenvalue weighted by Gasteiger charge is -2.13. The quantitative estimate of drug-likeness (QED) is 0.734. The van der Waals surface area contributed by atoms with Crippen molar-refractivity contribution >= 4 is 28.2 Å². The van der Waals surface area contributed by atoms with Crippen LogP contribution in [0, 0.1) is 12.7 Å². The predicted octanol–water partition coefficient (Wildman–Crippen LogP) is 4.96. The largest absolute Gasteiger partial charge is 0.497 e. The highest BCUT2D eigenvalue weighted by Gasteiger charge is 2.09. The number of nitrogens with zero attached hydrogens (tertiary/aromatic N) is 1. The van der Waals surface area contributed by atoms with Gasteiger partial charge in [-0.3, -0.25) is 4.98 Å². The molecule has 1 aromatic heterocycles. The summed E-state index contributed by atoms with van der Waals surface area (Å²) in [7, 11) is 1.62. The number of pyridine rings is 1. The van der Waals surface area contributed by atoms with Crippen molar-refractivity contribution < 1.29 is 9.13 Å². The second kappa shape index (κ2) is 6.42. The van der Waals surface area contributed by atoms with Crippen LogP contribution < -0.4 is 10.1 Å². The van der Waals surface area contributed by atoms with Gasteiger partial charge in [-0.2, -0.15) is 0 Å². The van der Waals surface area contributed by atoms with E-state index in [0.29, 0.717) is 17.1 Å². The Kier molecular flexibility index (Phi) is 4.35. The first-order valence-corrected chi connectivity index (χ1v) is 7.58. The zero-order chi connectivity index (χ0) is 16.4. The zero-order valence-corrected chi connectivity index (χ0v) is 13.6. The van der Waals surface area contributed by atoms with E-state index in [0.717, 1.165) is 28.0 Å². The number of nitrogens with one attached hydrogen (secondary N) is 1. The van der Waals surface area contributed by atoms with Crippen molar-refractivity contribution in [3.63, 3.8) is 0 Å². The number of methoxy groups -OCH3 is 1. The van der Waals surface area contributed by atoms with Crippen LogP contribution in [0.3, 0.4) is 0 Å². The Bertz CT molecular complexity index is 847. The molecule has 0 saturated heterocycles. The Labute approximate surface area is 139 Å². The summed E-state index contributed by atoms with van der Waals surface area (Å²) in [5.74, 6) is 0.424. The fourth-order valence-electron chi connectivity index (χ4n) is 2.50. The maximum atomic E-state index is 13.9. The fraction of sp³-hybridized carbons (Fsp3) is 0.167.